The van der Waals surface area contributed by atoms with Crippen molar-refractivity contribution in [1.82, 2.24) is 9.88 Å². The van der Waals surface area contributed by atoms with E-state index in [-0.39, 0.29) is 0 Å². The van der Waals surface area contributed by atoms with Gasteiger partial charge in [-0.3, -0.25) is 9.88 Å². The molecule has 0 aliphatic carbocycles. The molecule has 0 saturated carbocycles. The molecule has 2 aliphatic rings. The molecule has 19 heavy (non-hydrogen) atoms. The van der Waals surface area contributed by atoms with Crippen LogP contribution < -0.4 is 4.90 Å². The molecule has 1 aromatic heterocycles. The zero-order valence-electron chi connectivity index (χ0n) is 11.6. The van der Waals surface area contributed by atoms with Gasteiger partial charge in [0.1, 0.15) is 0 Å². The van der Waals surface area contributed by atoms with Gasteiger partial charge in [-0.1, -0.05) is 0 Å². The van der Waals surface area contributed by atoms with Crippen LogP contribution in [0.3, 0.4) is 0 Å². The molecule has 2 fully saturated rings. The van der Waals surface area contributed by atoms with Gasteiger partial charge >= 0.3 is 0 Å². The summed E-state index contributed by atoms with van der Waals surface area (Å²) in [6.45, 7) is 6.54. The van der Waals surface area contributed by atoms with Crippen LogP contribution in [0.1, 0.15) is 38.0 Å². The van der Waals surface area contributed by atoms with E-state index in [1.807, 2.05) is 12.3 Å². The molecule has 4 heteroatoms. The zero-order chi connectivity index (χ0) is 13.2. The van der Waals surface area contributed by atoms with Crippen LogP contribution in [-0.2, 0) is 0 Å². The van der Waals surface area contributed by atoms with E-state index in [0.717, 1.165) is 24.8 Å². The number of nitrogens with zero attached hydrogens (tertiary/aromatic N) is 3. The highest BCUT2D eigenvalue weighted by molar-refractivity contribution is 5.46. The molecule has 0 aromatic carbocycles. The Hall–Kier alpha value is -1.13. The Morgan fingerprint density at radius 1 is 1.26 bits per heavy atom. The largest absolute Gasteiger partial charge is 0.387 e. The highest BCUT2D eigenvalue weighted by atomic mass is 16.3. The maximum absolute atomic E-state index is 9.48. The van der Waals surface area contributed by atoms with Crippen molar-refractivity contribution in [2.24, 2.45) is 0 Å². The highest BCUT2D eigenvalue weighted by Crippen LogP contribution is 2.25. The third-order valence-electron chi connectivity index (χ3n) is 4.38. The molecular formula is C15H23N3O. The Labute approximate surface area is 115 Å². The molecular weight excluding hydrogens is 238 g/mol. The fraction of sp³-hybridized carbons (Fsp3) is 0.667. The Kier molecular flexibility index (Phi) is 3.71. The van der Waals surface area contributed by atoms with Gasteiger partial charge in [-0.2, -0.15) is 0 Å². The average Bonchev–Trinajstić information content (AvgIpc) is 3.10. The molecule has 1 N–H and O–H groups in total. The topological polar surface area (TPSA) is 39.6 Å². The van der Waals surface area contributed by atoms with Crippen LogP contribution in [0.2, 0.25) is 0 Å². The molecule has 104 valence electrons. The second kappa shape index (κ2) is 5.47. The minimum atomic E-state index is -0.482. The number of rotatable bonds is 3. The number of pyridine rings is 1. The van der Waals surface area contributed by atoms with E-state index in [1.165, 1.54) is 38.0 Å². The van der Waals surface area contributed by atoms with Gasteiger partial charge in [-0.25, -0.2) is 0 Å². The van der Waals surface area contributed by atoms with Gasteiger partial charge in [0.2, 0.25) is 0 Å². The number of hydrogen-bond donors (Lipinski definition) is 1. The van der Waals surface area contributed by atoms with Gasteiger partial charge in [0.15, 0.2) is 0 Å². The molecule has 3 rings (SSSR count). The molecule has 2 atom stereocenters. The Morgan fingerprint density at radius 2 is 2.05 bits per heavy atom. The molecule has 2 aliphatic heterocycles. The van der Waals surface area contributed by atoms with E-state index in [4.69, 9.17) is 0 Å². The molecule has 0 radical (unpaired) electrons. The SMILES string of the molecule is C[C@H](O)c1ccc(N2CCC(N3CCCC3)C2)cn1. The minimum Gasteiger partial charge on any atom is -0.387 e. The van der Waals surface area contributed by atoms with Gasteiger partial charge in [0, 0.05) is 19.1 Å². The molecule has 4 nitrogen and oxygen atoms in total. The molecule has 0 amide bonds. The summed E-state index contributed by atoms with van der Waals surface area (Å²) in [6, 6.07) is 4.74. The standard InChI is InChI=1S/C15H23N3O/c1-12(19)15-5-4-13(10-16-15)18-9-6-14(11-18)17-7-2-3-8-17/h4-5,10,12,14,19H,2-3,6-9,11H2,1H3/t12-,14?/m0/s1. The number of aromatic nitrogens is 1. The number of aliphatic hydroxyl groups is 1. The smallest absolute Gasteiger partial charge is 0.0931 e. The fourth-order valence-electron chi connectivity index (χ4n) is 3.21. The highest BCUT2D eigenvalue weighted by Gasteiger charge is 2.29. The van der Waals surface area contributed by atoms with Crippen molar-refractivity contribution in [3.63, 3.8) is 0 Å². The van der Waals surface area contributed by atoms with E-state index in [9.17, 15) is 5.11 Å². The first-order valence-corrected chi connectivity index (χ1v) is 7.37. The van der Waals surface area contributed by atoms with E-state index in [2.05, 4.69) is 20.9 Å². The van der Waals surface area contributed by atoms with Gasteiger partial charge in [0.05, 0.1) is 23.7 Å². The van der Waals surface area contributed by atoms with Crippen molar-refractivity contribution in [3.8, 4) is 0 Å². The maximum atomic E-state index is 9.48. The average molecular weight is 261 g/mol. The van der Waals surface area contributed by atoms with Gasteiger partial charge in [0.25, 0.3) is 0 Å². The first-order chi connectivity index (χ1) is 9.24. The van der Waals surface area contributed by atoms with Crippen LogP contribution in [0, 0.1) is 0 Å². The summed E-state index contributed by atoms with van der Waals surface area (Å²) in [5.74, 6) is 0. The molecule has 0 bridgehead atoms. The van der Waals surface area contributed by atoms with Crippen LogP contribution in [0.15, 0.2) is 18.3 Å². The lowest BCUT2D eigenvalue weighted by molar-refractivity contribution is 0.194. The Morgan fingerprint density at radius 3 is 2.68 bits per heavy atom. The van der Waals surface area contributed by atoms with Crippen LogP contribution in [-0.4, -0.2) is 47.2 Å². The normalized spacial score (nSPS) is 26.0. The molecule has 1 unspecified atom stereocenters. The third-order valence-corrected chi connectivity index (χ3v) is 4.38. The Bertz CT molecular complexity index is 412. The summed E-state index contributed by atoms with van der Waals surface area (Å²) in [4.78, 5) is 9.40. The first-order valence-electron chi connectivity index (χ1n) is 7.37. The molecule has 0 spiro atoms. The molecule has 3 heterocycles. The second-order valence-electron chi connectivity index (χ2n) is 5.75. The van der Waals surface area contributed by atoms with Crippen molar-refractivity contribution < 1.29 is 5.11 Å². The lowest BCUT2D eigenvalue weighted by Gasteiger charge is -2.24. The van der Waals surface area contributed by atoms with Gasteiger partial charge < -0.3 is 10.0 Å². The quantitative estimate of drug-likeness (QED) is 0.901. The van der Waals surface area contributed by atoms with E-state index in [1.54, 1.807) is 6.92 Å². The van der Waals surface area contributed by atoms with Crippen LogP contribution in [0.4, 0.5) is 5.69 Å². The van der Waals surface area contributed by atoms with Crippen molar-refractivity contribution in [2.75, 3.05) is 31.1 Å². The maximum Gasteiger partial charge on any atom is 0.0931 e. The molecule has 1 aromatic rings. The van der Waals surface area contributed by atoms with Crippen LogP contribution in [0.25, 0.3) is 0 Å². The van der Waals surface area contributed by atoms with E-state index >= 15 is 0 Å². The minimum absolute atomic E-state index is 0.482. The predicted octanol–water partition coefficient (Wildman–Crippen LogP) is 1.81. The third kappa shape index (κ3) is 2.74. The van der Waals surface area contributed by atoms with Crippen molar-refractivity contribution in [2.45, 2.75) is 38.3 Å². The van der Waals surface area contributed by atoms with E-state index in [0.29, 0.717) is 0 Å². The molecule has 2 saturated heterocycles. The van der Waals surface area contributed by atoms with E-state index < -0.39 is 6.10 Å². The number of hydrogen-bond acceptors (Lipinski definition) is 4. The fourth-order valence-corrected chi connectivity index (χ4v) is 3.21. The first kappa shape index (κ1) is 12.9. The Balaban J connectivity index is 1.63. The van der Waals surface area contributed by atoms with Crippen molar-refractivity contribution in [3.05, 3.63) is 24.0 Å². The summed E-state index contributed by atoms with van der Waals surface area (Å²) in [7, 11) is 0. The second-order valence-corrected chi connectivity index (χ2v) is 5.75. The number of aliphatic hydroxyl groups excluding tert-OH is 1. The predicted molar refractivity (Wildman–Crippen MR) is 76.3 cm³/mol. The number of likely N-dealkylation sites (tertiary alicyclic amines) is 1. The van der Waals surface area contributed by atoms with Crippen molar-refractivity contribution in [1.29, 1.82) is 0 Å². The summed E-state index contributed by atoms with van der Waals surface area (Å²) in [5.41, 5.74) is 1.94. The van der Waals surface area contributed by atoms with Crippen LogP contribution >= 0.6 is 0 Å². The zero-order valence-corrected chi connectivity index (χ0v) is 11.6. The van der Waals surface area contributed by atoms with Crippen molar-refractivity contribution >= 4 is 5.69 Å². The van der Waals surface area contributed by atoms with Gasteiger partial charge in [-0.15, -0.1) is 0 Å². The van der Waals surface area contributed by atoms with Gasteiger partial charge in [-0.05, 0) is 51.4 Å². The summed E-state index contributed by atoms with van der Waals surface area (Å²) in [6.07, 6.45) is 5.40. The monoisotopic (exact) mass is 261 g/mol. The lowest BCUT2D eigenvalue weighted by Crippen LogP contribution is -2.35. The summed E-state index contributed by atoms with van der Waals surface area (Å²) in [5, 5.41) is 9.48. The lowest BCUT2D eigenvalue weighted by atomic mass is 10.2. The summed E-state index contributed by atoms with van der Waals surface area (Å²) < 4.78 is 0. The van der Waals surface area contributed by atoms with Crippen LogP contribution in [0.5, 0.6) is 0 Å². The number of anilines is 1. The summed E-state index contributed by atoms with van der Waals surface area (Å²) >= 11 is 0.